The van der Waals surface area contributed by atoms with Gasteiger partial charge in [-0.25, -0.2) is 0 Å². The Hall–Kier alpha value is -3.74. The van der Waals surface area contributed by atoms with E-state index in [4.69, 9.17) is 9.47 Å². The number of aryl methyl sites for hydroxylation is 1. The first-order chi connectivity index (χ1) is 16.5. The maximum Gasteiger partial charge on any atom is 0.295 e. The standard InChI is InChI=1S/C27H26N2O5/c1-28-15-19(18-8-4-5-9-20(18)28)24-23(26(31)27(32)29(24)17-6-2-3-7-17)25(30)16-10-11-21-22(14-16)34-13-12-33-21/h4-5,8-11,14-15,17,24,30H,2-3,6-7,12-13H2,1H3/b25-23+. The van der Waals surface area contributed by atoms with Crippen molar-refractivity contribution < 1.29 is 24.2 Å². The molecule has 1 saturated heterocycles. The van der Waals surface area contributed by atoms with Gasteiger partial charge in [0.25, 0.3) is 11.7 Å². The van der Waals surface area contributed by atoms with Crippen molar-refractivity contribution in [2.24, 2.45) is 7.05 Å². The molecule has 1 aromatic heterocycles. The van der Waals surface area contributed by atoms with Crippen LogP contribution in [-0.4, -0.2) is 45.5 Å². The van der Waals surface area contributed by atoms with Gasteiger partial charge in [-0.2, -0.15) is 0 Å². The number of aromatic nitrogens is 1. The van der Waals surface area contributed by atoms with Gasteiger partial charge in [-0.05, 0) is 37.1 Å². The minimum absolute atomic E-state index is 0.0222. The molecule has 1 N–H and O–H groups in total. The summed E-state index contributed by atoms with van der Waals surface area (Å²) in [6, 6.07) is 12.4. The molecule has 1 amide bonds. The first-order valence-electron chi connectivity index (χ1n) is 11.8. The molecule has 2 aromatic carbocycles. The van der Waals surface area contributed by atoms with Crippen molar-refractivity contribution in [1.29, 1.82) is 0 Å². The van der Waals surface area contributed by atoms with Gasteiger partial charge in [0, 0.05) is 41.3 Å². The fourth-order valence-electron chi connectivity index (χ4n) is 5.65. The number of hydrogen-bond donors (Lipinski definition) is 1. The highest BCUT2D eigenvalue weighted by Crippen LogP contribution is 2.46. The number of hydrogen-bond acceptors (Lipinski definition) is 5. The van der Waals surface area contributed by atoms with Gasteiger partial charge in [-0.15, -0.1) is 0 Å². The Balaban J connectivity index is 1.56. The number of carbonyl (C=O) groups excluding carboxylic acids is 2. The van der Waals surface area contributed by atoms with Crippen LogP contribution in [0.3, 0.4) is 0 Å². The van der Waals surface area contributed by atoms with Crippen LogP contribution in [0.4, 0.5) is 0 Å². The predicted octanol–water partition coefficient (Wildman–Crippen LogP) is 4.31. The Morgan fingerprint density at radius 2 is 1.74 bits per heavy atom. The van der Waals surface area contributed by atoms with Crippen molar-refractivity contribution in [2.45, 2.75) is 37.8 Å². The van der Waals surface area contributed by atoms with Crippen LogP contribution in [0.5, 0.6) is 11.5 Å². The average molecular weight is 459 g/mol. The van der Waals surface area contributed by atoms with Crippen molar-refractivity contribution in [3.8, 4) is 11.5 Å². The summed E-state index contributed by atoms with van der Waals surface area (Å²) in [5.74, 6) is -0.253. The smallest absolute Gasteiger partial charge is 0.295 e. The van der Waals surface area contributed by atoms with Crippen molar-refractivity contribution >= 4 is 28.4 Å². The number of benzene rings is 2. The van der Waals surface area contributed by atoms with Crippen molar-refractivity contribution in [1.82, 2.24) is 9.47 Å². The SMILES string of the molecule is Cn1cc(C2/C(=C(\O)c3ccc4c(c3)OCCO4)C(=O)C(=O)N2C2CCCC2)c2ccccc21. The quantitative estimate of drug-likeness (QED) is 0.359. The molecule has 1 aliphatic carbocycles. The second kappa shape index (κ2) is 7.94. The summed E-state index contributed by atoms with van der Waals surface area (Å²) in [6.07, 6.45) is 5.74. The van der Waals surface area contributed by atoms with E-state index in [1.807, 2.05) is 42.1 Å². The van der Waals surface area contributed by atoms with Gasteiger partial charge in [-0.3, -0.25) is 9.59 Å². The van der Waals surface area contributed by atoms with E-state index in [9.17, 15) is 14.7 Å². The zero-order chi connectivity index (χ0) is 23.4. The largest absolute Gasteiger partial charge is 0.507 e. The molecule has 2 fully saturated rings. The van der Waals surface area contributed by atoms with Gasteiger partial charge in [0.2, 0.25) is 0 Å². The number of ether oxygens (including phenoxy) is 2. The van der Waals surface area contributed by atoms with Gasteiger partial charge >= 0.3 is 0 Å². The van der Waals surface area contributed by atoms with Crippen LogP contribution in [0.2, 0.25) is 0 Å². The number of ketones is 1. The van der Waals surface area contributed by atoms with E-state index in [0.717, 1.165) is 42.1 Å². The Morgan fingerprint density at radius 1 is 1.00 bits per heavy atom. The summed E-state index contributed by atoms with van der Waals surface area (Å²) >= 11 is 0. The average Bonchev–Trinajstić information content (AvgIpc) is 3.56. The lowest BCUT2D eigenvalue weighted by atomic mass is 9.94. The second-order valence-corrected chi connectivity index (χ2v) is 9.22. The van der Waals surface area contributed by atoms with Crippen molar-refractivity contribution in [3.63, 3.8) is 0 Å². The number of rotatable bonds is 3. The summed E-state index contributed by atoms with van der Waals surface area (Å²) in [7, 11) is 1.95. The molecule has 7 heteroatoms. The molecule has 0 bridgehead atoms. The van der Waals surface area contributed by atoms with Gasteiger partial charge in [-0.1, -0.05) is 31.0 Å². The number of likely N-dealkylation sites (tertiary alicyclic amines) is 1. The lowest BCUT2D eigenvalue weighted by Crippen LogP contribution is -2.37. The molecule has 0 spiro atoms. The predicted molar refractivity (Wildman–Crippen MR) is 127 cm³/mol. The van der Waals surface area contributed by atoms with E-state index < -0.39 is 17.7 Å². The first kappa shape index (κ1) is 20.8. The Labute approximate surface area is 197 Å². The van der Waals surface area contributed by atoms with Crippen molar-refractivity contribution in [3.05, 3.63) is 65.4 Å². The molecule has 1 unspecified atom stereocenters. The highest BCUT2D eigenvalue weighted by molar-refractivity contribution is 6.46. The van der Waals surface area contributed by atoms with Gasteiger partial charge < -0.3 is 24.0 Å². The van der Waals surface area contributed by atoms with E-state index in [2.05, 4.69) is 0 Å². The molecular formula is C27H26N2O5. The molecule has 7 nitrogen and oxygen atoms in total. The zero-order valence-electron chi connectivity index (χ0n) is 19.0. The summed E-state index contributed by atoms with van der Waals surface area (Å²) < 4.78 is 13.3. The molecule has 6 rings (SSSR count). The number of carbonyl (C=O) groups is 2. The fraction of sp³-hybridized carbons (Fsp3) is 0.333. The lowest BCUT2D eigenvalue weighted by Gasteiger charge is -2.30. The van der Waals surface area contributed by atoms with Crippen LogP contribution >= 0.6 is 0 Å². The fourth-order valence-corrected chi connectivity index (χ4v) is 5.65. The van der Waals surface area contributed by atoms with Gasteiger partial charge in [0.1, 0.15) is 19.0 Å². The molecule has 1 atom stereocenters. The molecule has 3 heterocycles. The summed E-state index contributed by atoms with van der Waals surface area (Å²) in [5.41, 5.74) is 2.42. The maximum atomic E-state index is 13.4. The lowest BCUT2D eigenvalue weighted by molar-refractivity contribution is -0.141. The second-order valence-electron chi connectivity index (χ2n) is 9.22. The van der Waals surface area contributed by atoms with E-state index in [-0.39, 0.29) is 17.4 Å². The van der Waals surface area contributed by atoms with E-state index >= 15 is 0 Å². The molecule has 2 aliphatic heterocycles. The first-order valence-corrected chi connectivity index (χ1v) is 11.8. The zero-order valence-corrected chi connectivity index (χ0v) is 19.0. The number of amides is 1. The third-order valence-corrected chi connectivity index (χ3v) is 7.24. The van der Waals surface area contributed by atoms with Gasteiger partial charge in [0.05, 0.1) is 11.6 Å². The third-order valence-electron chi connectivity index (χ3n) is 7.24. The highest BCUT2D eigenvalue weighted by atomic mass is 16.6. The third kappa shape index (κ3) is 3.10. The Bertz CT molecular complexity index is 1350. The molecule has 3 aliphatic rings. The van der Waals surface area contributed by atoms with Crippen LogP contribution in [-0.2, 0) is 16.6 Å². The maximum absolute atomic E-state index is 13.4. The summed E-state index contributed by atoms with van der Waals surface area (Å²) in [5, 5.41) is 12.4. The Kier molecular flexibility index (Phi) is 4.86. The summed E-state index contributed by atoms with van der Waals surface area (Å²) in [4.78, 5) is 28.5. The Morgan fingerprint density at radius 3 is 2.53 bits per heavy atom. The minimum atomic E-state index is -0.651. The van der Waals surface area contributed by atoms with Crippen LogP contribution in [0.1, 0.15) is 42.9 Å². The van der Waals surface area contributed by atoms with Crippen LogP contribution in [0, 0.1) is 0 Å². The number of para-hydroxylation sites is 1. The minimum Gasteiger partial charge on any atom is -0.507 e. The van der Waals surface area contributed by atoms with E-state index in [0.29, 0.717) is 30.3 Å². The van der Waals surface area contributed by atoms with Gasteiger partial charge in [0.15, 0.2) is 11.5 Å². The number of Topliss-reactive ketones (excluding diaryl/α,β-unsaturated/α-hetero) is 1. The molecular weight excluding hydrogens is 432 g/mol. The normalized spacial score (nSPS) is 22.1. The molecule has 34 heavy (non-hydrogen) atoms. The van der Waals surface area contributed by atoms with Crippen molar-refractivity contribution in [2.75, 3.05) is 13.2 Å². The number of aliphatic hydroxyl groups is 1. The monoisotopic (exact) mass is 458 g/mol. The molecule has 174 valence electrons. The van der Waals surface area contributed by atoms with Crippen LogP contribution in [0.15, 0.2) is 54.2 Å². The molecule has 0 radical (unpaired) electrons. The van der Waals surface area contributed by atoms with E-state index in [1.54, 1.807) is 23.1 Å². The number of fused-ring (bicyclic) bond motifs is 2. The topological polar surface area (TPSA) is 81.0 Å². The number of aliphatic hydroxyl groups excluding tert-OH is 1. The van der Waals surface area contributed by atoms with Crippen LogP contribution in [0.25, 0.3) is 16.7 Å². The van der Waals surface area contributed by atoms with E-state index in [1.165, 1.54) is 0 Å². The van der Waals surface area contributed by atoms with Crippen LogP contribution < -0.4 is 9.47 Å². The summed E-state index contributed by atoms with van der Waals surface area (Å²) in [6.45, 7) is 0.880. The molecule has 3 aromatic rings. The molecule has 1 saturated carbocycles. The number of nitrogens with zero attached hydrogens (tertiary/aromatic N) is 2. The highest BCUT2D eigenvalue weighted by Gasteiger charge is 2.50.